The Hall–Kier alpha value is -1.73. The minimum Gasteiger partial charge on any atom is -0.465 e. The van der Waals surface area contributed by atoms with E-state index >= 15 is 0 Å². The molecule has 0 amide bonds. The summed E-state index contributed by atoms with van der Waals surface area (Å²) in [6.45, 7) is 4.98. The van der Waals surface area contributed by atoms with Gasteiger partial charge in [0.1, 0.15) is 0 Å². The van der Waals surface area contributed by atoms with Crippen molar-refractivity contribution in [2.24, 2.45) is 0 Å². The van der Waals surface area contributed by atoms with Crippen molar-refractivity contribution >= 4 is 17.3 Å². The first-order chi connectivity index (χ1) is 12.7. The third-order valence-electron chi connectivity index (χ3n) is 4.90. The van der Waals surface area contributed by atoms with Gasteiger partial charge in [-0.15, -0.1) is 0 Å². The van der Waals surface area contributed by atoms with Crippen molar-refractivity contribution < 1.29 is 14.6 Å². The zero-order chi connectivity index (χ0) is 18.4. The molecule has 1 N–H and O–H groups in total. The van der Waals surface area contributed by atoms with Crippen LogP contribution in [0.1, 0.15) is 27.9 Å². The number of aliphatic hydroxyl groups is 1. The molecule has 1 atom stereocenters. The van der Waals surface area contributed by atoms with Crippen LogP contribution in [0.5, 0.6) is 0 Å². The molecular formula is C20H26N2O3S. The lowest BCUT2D eigenvalue weighted by atomic mass is 10.1. The molecule has 26 heavy (non-hydrogen) atoms. The van der Waals surface area contributed by atoms with Crippen molar-refractivity contribution in [2.75, 3.05) is 33.4 Å². The van der Waals surface area contributed by atoms with Gasteiger partial charge in [0.15, 0.2) is 0 Å². The normalized spacial score (nSPS) is 18.8. The summed E-state index contributed by atoms with van der Waals surface area (Å²) in [6, 6.07) is 10.2. The zero-order valence-corrected chi connectivity index (χ0v) is 16.0. The quantitative estimate of drug-likeness (QED) is 0.755. The molecule has 0 radical (unpaired) electrons. The van der Waals surface area contributed by atoms with Crippen LogP contribution in [0.25, 0.3) is 0 Å². The Balaban J connectivity index is 1.59. The van der Waals surface area contributed by atoms with E-state index in [1.807, 2.05) is 24.3 Å². The van der Waals surface area contributed by atoms with Gasteiger partial charge in [-0.25, -0.2) is 4.79 Å². The number of aliphatic hydroxyl groups excluding tert-OH is 1. The number of nitrogens with zero attached hydrogens (tertiary/aromatic N) is 2. The minimum atomic E-state index is -0.304. The van der Waals surface area contributed by atoms with E-state index in [-0.39, 0.29) is 12.6 Å². The van der Waals surface area contributed by atoms with Gasteiger partial charge in [-0.1, -0.05) is 12.1 Å². The molecule has 0 saturated carbocycles. The highest BCUT2D eigenvalue weighted by atomic mass is 32.1. The second-order valence-corrected chi connectivity index (χ2v) is 7.47. The van der Waals surface area contributed by atoms with Crippen molar-refractivity contribution in [2.45, 2.75) is 25.6 Å². The summed E-state index contributed by atoms with van der Waals surface area (Å²) in [5.74, 6) is -0.304. The molecule has 1 saturated heterocycles. The van der Waals surface area contributed by atoms with E-state index < -0.39 is 0 Å². The van der Waals surface area contributed by atoms with E-state index in [4.69, 9.17) is 4.74 Å². The average molecular weight is 375 g/mol. The third-order valence-corrected chi connectivity index (χ3v) is 5.63. The lowest BCUT2D eigenvalue weighted by Crippen LogP contribution is -2.52. The van der Waals surface area contributed by atoms with Gasteiger partial charge < -0.3 is 9.84 Å². The lowest BCUT2D eigenvalue weighted by Gasteiger charge is -2.41. The number of hydrogen-bond acceptors (Lipinski definition) is 6. The largest absolute Gasteiger partial charge is 0.465 e. The van der Waals surface area contributed by atoms with Crippen molar-refractivity contribution in [1.82, 2.24) is 9.80 Å². The SMILES string of the molecule is COC(=O)c1ccc(CN2CCN(Cc3ccsc3)[C@@H](CCO)C2)cc1. The van der Waals surface area contributed by atoms with Crippen LogP contribution in [0.2, 0.25) is 0 Å². The maximum atomic E-state index is 11.5. The standard InChI is InChI=1S/C20H26N2O3S/c1-25-20(24)18-4-2-16(3-5-18)12-21-8-9-22(19(14-21)6-10-23)13-17-7-11-26-15-17/h2-5,7,11,15,19,23H,6,8-10,12-14H2,1H3/t19-/m0/s1. The van der Waals surface area contributed by atoms with E-state index in [2.05, 4.69) is 26.6 Å². The van der Waals surface area contributed by atoms with Crippen LogP contribution in [0, 0.1) is 0 Å². The summed E-state index contributed by atoms with van der Waals surface area (Å²) in [5, 5.41) is 13.8. The number of carbonyl (C=O) groups excluding carboxylic acids is 1. The lowest BCUT2D eigenvalue weighted by molar-refractivity contribution is 0.0500. The van der Waals surface area contributed by atoms with Crippen LogP contribution in [-0.4, -0.2) is 60.3 Å². The highest BCUT2D eigenvalue weighted by molar-refractivity contribution is 7.07. The first-order valence-electron chi connectivity index (χ1n) is 8.95. The van der Waals surface area contributed by atoms with E-state index in [9.17, 15) is 9.90 Å². The van der Waals surface area contributed by atoms with Gasteiger partial charge in [0, 0.05) is 45.4 Å². The van der Waals surface area contributed by atoms with Crippen molar-refractivity contribution in [3.05, 3.63) is 57.8 Å². The van der Waals surface area contributed by atoms with Crippen LogP contribution >= 0.6 is 11.3 Å². The first kappa shape index (κ1) is 19.0. The minimum absolute atomic E-state index is 0.215. The molecule has 1 aromatic heterocycles. The molecule has 1 aromatic carbocycles. The summed E-state index contributed by atoms with van der Waals surface area (Å²) in [4.78, 5) is 16.4. The van der Waals surface area contributed by atoms with Gasteiger partial charge in [0.2, 0.25) is 0 Å². The van der Waals surface area contributed by atoms with Gasteiger partial charge in [0.25, 0.3) is 0 Å². The molecule has 0 unspecified atom stereocenters. The fourth-order valence-corrected chi connectivity index (χ4v) is 4.13. The molecule has 140 valence electrons. The maximum Gasteiger partial charge on any atom is 0.337 e. The van der Waals surface area contributed by atoms with E-state index in [0.717, 1.165) is 39.1 Å². The highest BCUT2D eigenvalue weighted by Gasteiger charge is 2.26. The van der Waals surface area contributed by atoms with Crippen molar-refractivity contribution in [3.8, 4) is 0 Å². The summed E-state index contributed by atoms with van der Waals surface area (Å²) >= 11 is 1.73. The number of benzene rings is 1. The maximum absolute atomic E-state index is 11.5. The Morgan fingerprint density at radius 3 is 2.65 bits per heavy atom. The molecular weight excluding hydrogens is 348 g/mol. The van der Waals surface area contributed by atoms with Gasteiger partial charge in [-0.3, -0.25) is 9.80 Å². The highest BCUT2D eigenvalue weighted by Crippen LogP contribution is 2.19. The Kier molecular flexibility index (Phi) is 6.80. The molecule has 0 bridgehead atoms. The third kappa shape index (κ3) is 4.92. The fourth-order valence-electron chi connectivity index (χ4n) is 3.47. The van der Waals surface area contributed by atoms with E-state index in [1.54, 1.807) is 11.3 Å². The van der Waals surface area contributed by atoms with Gasteiger partial charge in [-0.2, -0.15) is 11.3 Å². The Morgan fingerprint density at radius 2 is 2.00 bits per heavy atom. The Bertz CT molecular complexity index is 688. The number of rotatable bonds is 7. The van der Waals surface area contributed by atoms with E-state index in [0.29, 0.717) is 11.6 Å². The summed E-state index contributed by atoms with van der Waals surface area (Å²) in [7, 11) is 1.40. The van der Waals surface area contributed by atoms with Gasteiger partial charge in [0.05, 0.1) is 12.7 Å². The number of methoxy groups -OCH3 is 1. The topological polar surface area (TPSA) is 53.0 Å². The molecule has 3 rings (SSSR count). The van der Waals surface area contributed by atoms with Crippen LogP contribution < -0.4 is 0 Å². The number of thiophene rings is 1. The summed E-state index contributed by atoms with van der Waals surface area (Å²) in [6.07, 6.45) is 0.794. The number of ether oxygens (including phenoxy) is 1. The van der Waals surface area contributed by atoms with Crippen LogP contribution in [0.15, 0.2) is 41.1 Å². The second-order valence-electron chi connectivity index (χ2n) is 6.69. The molecule has 1 aliphatic heterocycles. The zero-order valence-electron chi connectivity index (χ0n) is 15.1. The van der Waals surface area contributed by atoms with Crippen LogP contribution in [0.4, 0.5) is 0 Å². The predicted molar refractivity (Wildman–Crippen MR) is 103 cm³/mol. The molecule has 2 aromatic rings. The number of hydrogen-bond donors (Lipinski definition) is 1. The molecule has 0 aliphatic carbocycles. The van der Waals surface area contributed by atoms with Gasteiger partial charge >= 0.3 is 5.97 Å². The summed E-state index contributed by atoms with van der Waals surface area (Å²) < 4.78 is 4.74. The average Bonchev–Trinajstić information content (AvgIpc) is 3.17. The van der Waals surface area contributed by atoms with Crippen molar-refractivity contribution in [1.29, 1.82) is 0 Å². The van der Waals surface area contributed by atoms with E-state index in [1.165, 1.54) is 18.2 Å². The molecule has 2 heterocycles. The van der Waals surface area contributed by atoms with Crippen LogP contribution in [0.3, 0.4) is 0 Å². The molecule has 0 spiro atoms. The Morgan fingerprint density at radius 1 is 1.19 bits per heavy atom. The summed E-state index contributed by atoms with van der Waals surface area (Å²) in [5.41, 5.74) is 3.12. The van der Waals surface area contributed by atoms with Crippen molar-refractivity contribution in [3.63, 3.8) is 0 Å². The second kappa shape index (κ2) is 9.28. The molecule has 5 nitrogen and oxygen atoms in total. The van der Waals surface area contributed by atoms with Crippen LogP contribution in [-0.2, 0) is 17.8 Å². The fraction of sp³-hybridized carbons (Fsp3) is 0.450. The smallest absolute Gasteiger partial charge is 0.337 e. The molecule has 6 heteroatoms. The number of piperazine rings is 1. The molecule has 1 fully saturated rings. The first-order valence-corrected chi connectivity index (χ1v) is 9.89. The Labute approximate surface area is 158 Å². The number of esters is 1. The molecule has 1 aliphatic rings. The monoisotopic (exact) mass is 374 g/mol. The predicted octanol–water partition coefficient (Wildman–Crippen LogP) is 2.60. The van der Waals surface area contributed by atoms with Gasteiger partial charge in [-0.05, 0) is 46.5 Å². The number of carbonyl (C=O) groups is 1.